The molecule has 0 saturated heterocycles. The Morgan fingerprint density at radius 1 is 0.234 bits per heavy atom. The third-order valence-corrected chi connectivity index (χ3v) is 13.2. The molecule has 0 aromatic carbocycles. The zero-order chi connectivity index (χ0) is 60.9. The van der Waals surface area contributed by atoms with E-state index in [2.05, 4.69) is 191 Å². The van der Waals surface area contributed by atoms with Gasteiger partial charge in [-0.1, -0.05) is 138 Å². The molecule has 0 bridgehead atoms. The van der Waals surface area contributed by atoms with E-state index in [1.54, 1.807) is 0 Å². The Bertz CT molecular complexity index is 1030. The molecule has 0 aliphatic rings. The first-order chi connectivity index (χ1) is 35.2. The van der Waals surface area contributed by atoms with Crippen LogP contribution in [0.2, 0.25) is 0 Å². The summed E-state index contributed by atoms with van der Waals surface area (Å²) in [5, 5.41) is 7.54. The van der Waals surface area contributed by atoms with Crippen molar-refractivity contribution in [2.75, 3.05) is 39.6 Å². The largest absolute Gasteiger partial charge is 0.378 e. The van der Waals surface area contributed by atoms with Gasteiger partial charge >= 0.3 is 0 Å². The summed E-state index contributed by atoms with van der Waals surface area (Å²) < 4.78 is 35.3. The second kappa shape index (κ2) is 45.2. The molecule has 0 rings (SSSR count). The normalized spacial score (nSPS) is 13.2. The Morgan fingerprint density at radius 3 is 0.610 bits per heavy atom. The second-order valence-corrected chi connectivity index (χ2v) is 30.1. The maximum Gasteiger partial charge on any atom is 0.0892 e. The van der Waals surface area contributed by atoms with Crippen molar-refractivity contribution in [3.63, 3.8) is 0 Å². The summed E-state index contributed by atoms with van der Waals surface area (Å²) >= 11 is 0. The number of hydrogen-bond donors (Lipinski definition) is 2. The molecule has 8 nitrogen and oxygen atoms in total. The van der Waals surface area contributed by atoms with Gasteiger partial charge in [-0.2, -0.15) is 0 Å². The highest BCUT2D eigenvalue weighted by atomic mass is 16.5. The van der Waals surface area contributed by atoms with Crippen LogP contribution in [-0.2, 0) is 28.4 Å². The zero-order valence-corrected chi connectivity index (χ0v) is 58.7. The van der Waals surface area contributed by atoms with Crippen LogP contribution < -0.4 is 10.6 Å². The number of hydrogen-bond acceptors (Lipinski definition) is 8. The molecule has 0 heterocycles. The quantitative estimate of drug-likeness (QED) is 0.0627. The lowest BCUT2D eigenvalue weighted by atomic mass is 9.65. The molecular weight excluding hydrogens is 953 g/mol. The van der Waals surface area contributed by atoms with Gasteiger partial charge in [-0.15, -0.1) is 0 Å². The summed E-state index contributed by atoms with van der Waals surface area (Å²) in [4.78, 5) is 0. The highest BCUT2D eigenvalue weighted by Crippen LogP contribution is 2.44. The molecule has 2 N–H and O–H groups in total. The van der Waals surface area contributed by atoms with E-state index in [-0.39, 0.29) is 47.6 Å². The Morgan fingerprint density at radius 2 is 0.429 bits per heavy atom. The van der Waals surface area contributed by atoms with Crippen LogP contribution in [0.1, 0.15) is 292 Å². The molecule has 0 amide bonds. The van der Waals surface area contributed by atoms with Crippen LogP contribution in [0.25, 0.3) is 0 Å². The van der Waals surface area contributed by atoms with Gasteiger partial charge in [0, 0.05) is 23.0 Å². The molecular formula is C69H148N2O6. The predicted molar refractivity (Wildman–Crippen MR) is 343 cm³/mol. The molecule has 0 saturated carbocycles. The standard InChI is InChI=1S/C19H41N.C17H36O3.C17H36.C16H35NO3/c1-15(2)9-12-19(20-18(7)8,13-10-16(3)4)14-11-17(5)6;1-13(2)9-17(10-18-14(3)4,11-19-15(5)6)12-20-16(7)8;1-13(2)9-17(10-14(3)4,11-15(5)6)12-16(7)8;1-12(2)17-16(9-18-13(3)4,10-19-14(5)6)11-20-15(7)8/h15-18,20H,9-14H2,1-8H3;13-16H,9-12H2,1-8H3;13-16H,9-12H2,1-8H3;12-15,17H,9-11H2,1-8H3. The van der Waals surface area contributed by atoms with Crippen molar-refractivity contribution < 1.29 is 28.4 Å². The SMILES string of the molecule is CC(C)CC(CC(C)C)(CC(C)C)CC(C)C.CC(C)CC(COC(C)C)(COC(C)C)COC(C)C.CC(C)CCC(CCC(C)C)(CCC(C)C)NC(C)C.CC(C)NC(COC(C)C)(COC(C)C)COC(C)C. The molecule has 0 fully saturated rings. The average molecular weight is 1100 g/mol. The number of ether oxygens (including phenoxy) is 6. The van der Waals surface area contributed by atoms with Crippen molar-refractivity contribution in [1.29, 1.82) is 0 Å². The van der Waals surface area contributed by atoms with Gasteiger partial charge in [0.05, 0.1) is 81.8 Å². The van der Waals surface area contributed by atoms with E-state index < -0.39 is 0 Å². The van der Waals surface area contributed by atoms with Gasteiger partial charge in [0.15, 0.2) is 0 Å². The Labute approximate surface area is 486 Å². The fourth-order valence-electron chi connectivity index (χ4n) is 10.9. The topological polar surface area (TPSA) is 79.4 Å². The number of nitrogens with one attached hydrogen (secondary N) is 2. The summed E-state index contributed by atoms with van der Waals surface area (Å²) in [6, 6.07) is 0.929. The van der Waals surface area contributed by atoms with E-state index in [1.165, 1.54) is 64.2 Å². The molecule has 0 atom stereocenters. The Kier molecular flexibility index (Phi) is 48.8. The van der Waals surface area contributed by atoms with Crippen molar-refractivity contribution >= 4 is 0 Å². The van der Waals surface area contributed by atoms with E-state index in [4.69, 9.17) is 28.4 Å². The van der Waals surface area contributed by atoms with Crippen molar-refractivity contribution in [3.8, 4) is 0 Å². The van der Waals surface area contributed by atoms with E-state index in [9.17, 15) is 0 Å². The fourth-order valence-corrected chi connectivity index (χ4v) is 10.9. The van der Waals surface area contributed by atoms with Gasteiger partial charge in [0.25, 0.3) is 0 Å². The minimum Gasteiger partial charge on any atom is -0.378 e. The molecule has 0 radical (unpaired) electrons. The van der Waals surface area contributed by atoms with Gasteiger partial charge < -0.3 is 39.1 Å². The minimum atomic E-state index is -0.299. The first-order valence-corrected chi connectivity index (χ1v) is 32.4. The minimum absolute atomic E-state index is 0.0486. The summed E-state index contributed by atoms with van der Waals surface area (Å²) in [6.07, 6.45) is 16.0. The predicted octanol–water partition coefficient (Wildman–Crippen LogP) is 19.5. The monoisotopic (exact) mass is 1100 g/mol. The van der Waals surface area contributed by atoms with Crippen LogP contribution in [-0.4, -0.2) is 99.4 Å². The molecule has 77 heavy (non-hydrogen) atoms. The van der Waals surface area contributed by atoms with Crippen molar-refractivity contribution in [2.24, 2.45) is 58.2 Å². The lowest BCUT2D eigenvalue weighted by molar-refractivity contribution is -0.108. The highest BCUT2D eigenvalue weighted by Gasteiger charge is 2.36. The molecule has 0 aromatic rings. The van der Waals surface area contributed by atoms with E-state index in [0.717, 1.165) is 47.8 Å². The maximum atomic E-state index is 5.91. The van der Waals surface area contributed by atoms with Gasteiger partial charge in [-0.05, 0) is 206 Å². The molecule has 0 aliphatic carbocycles. The number of rotatable bonds is 41. The summed E-state index contributed by atoms with van der Waals surface area (Å²) in [5.74, 6) is 6.32. The summed E-state index contributed by atoms with van der Waals surface area (Å²) in [6.45, 7) is 75.1. The Balaban J connectivity index is -0.000000462. The highest BCUT2D eigenvalue weighted by molar-refractivity contribution is 4.92. The maximum absolute atomic E-state index is 5.91. The molecule has 0 aromatic heterocycles. The molecule has 470 valence electrons. The first kappa shape index (κ1) is 83.1. The first-order valence-electron chi connectivity index (χ1n) is 32.4. The van der Waals surface area contributed by atoms with E-state index in [0.29, 0.717) is 68.6 Å². The van der Waals surface area contributed by atoms with Gasteiger partial charge in [-0.3, -0.25) is 0 Å². The fraction of sp³-hybridized carbons (Fsp3) is 1.00. The third kappa shape index (κ3) is 52.2. The molecule has 0 unspecified atom stereocenters. The van der Waals surface area contributed by atoms with Crippen molar-refractivity contribution in [1.82, 2.24) is 10.6 Å². The van der Waals surface area contributed by atoms with Crippen molar-refractivity contribution in [3.05, 3.63) is 0 Å². The van der Waals surface area contributed by atoms with Crippen molar-refractivity contribution in [2.45, 2.75) is 352 Å². The van der Waals surface area contributed by atoms with Crippen LogP contribution in [0.4, 0.5) is 0 Å². The third-order valence-electron chi connectivity index (χ3n) is 13.2. The van der Waals surface area contributed by atoms with Crippen LogP contribution in [0.3, 0.4) is 0 Å². The van der Waals surface area contributed by atoms with Crippen LogP contribution >= 0.6 is 0 Å². The second-order valence-electron chi connectivity index (χ2n) is 30.1. The zero-order valence-electron chi connectivity index (χ0n) is 58.7. The smallest absolute Gasteiger partial charge is 0.0892 e. The molecule has 0 aliphatic heterocycles. The Hall–Kier alpha value is -0.320. The summed E-state index contributed by atoms with van der Waals surface area (Å²) in [7, 11) is 0. The van der Waals surface area contributed by atoms with Crippen LogP contribution in [0, 0.1) is 58.2 Å². The van der Waals surface area contributed by atoms with Gasteiger partial charge in [0.1, 0.15) is 0 Å². The van der Waals surface area contributed by atoms with Crippen LogP contribution in [0.5, 0.6) is 0 Å². The van der Waals surface area contributed by atoms with E-state index >= 15 is 0 Å². The van der Waals surface area contributed by atoms with E-state index in [1.807, 2.05) is 41.5 Å². The summed E-state index contributed by atoms with van der Waals surface area (Å²) in [5.41, 5.74) is 0.609. The lowest BCUT2D eigenvalue weighted by Gasteiger charge is -2.40. The van der Waals surface area contributed by atoms with Gasteiger partial charge in [0.2, 0.25) is 0 Å². The molecule has 8 heteroatoms. The van der Waals surface area contributed by atoms with Crippen LogP contribution in [0.15, 0.2) is 0 Å². The molecule has 0 spiro atoms. The lowest BCUT2D eigenvalue weighted by Crippen LogP contribution is -2.59. The van der Waals surface area contributed by atoms with Gasteiger partial charge in [-0.25, -0.2) is 0 Å². The average Bonchev–Trinajstić information content (AvgIpc) is 3.24.